The Bertz CT molecular complexity index is 735. The van der Waals surface area contributed by atoms with E-state index >= 15 is 0 Å². The summed E-state index contributed by atoms with van der Waals surface area (Å²) in [6.45, 7) is 1.78. The number of rotatable bonds is 6. The van der Waals surface area contributed by atoms with Crippen molar-refractivity contribution in [3.8, 4) is 11.5 Å². The van der Waals surface area contributed by atoms with Crippen molar-refractivity contribution in [2.45, 2.75) is 24.5 Å². The number of benzene rings is 2. The molecule has 2 N–H and O–H groups in total. The first-order valence-corrected chi connectivity index (χ1v) is 8.96. The first-order chi connectivity index (χ1) is 12.6. The Kier molecular flexibility index (Phi) is 5.81. The molecular weight excluding hydrogens is 330 g/mol. The lowest BCUT2D eigenvalue weighted by Crippen LogP contribution is -2.47. The van der Waals surface area contributed by atoms with Gasteiger partial charge in [-0.1, -0.05) is 30.3 Å². The van der Waals surface area contributed by atoms with Crippen LogP contribution in [0.1, 0.15) is 30.1 Å². The second-order valence-electron chi connectivity index (χ2n) is 6.86. The van der Waals surface area contributed by atoms with E-state index in [1.165, 1.54) is 0 Å². The van der Waals surface area contributed by atoms with Crippen molar-refractivity contribution in [1.29, 1.82) is 0 Å². The molecule has 0 unspecified atom stereocenters. The van der Waals surface area contributed by atoms with E-state index in [2.05, 4.69) is 4.90 Å². The Labute approximate surface area is 154 Å². The summed E-state index contributed by atoms with van der Waals surface area (Å²) in [7, 11) is 3.23. The number of ether oxygens (including phenoxy) is 2. The lowest BCUT2D eigenvalue weighted by molar-refractivity contribution is -0.0474. The van der Waals surface area contributed by atoms with Crippen LogP contribution in [0.5, 0.6) is 11.5 Å². The van der Waals surface area contributed by atoms with Crippen LogP contribution in [0.4, 0.5) is 0 Å². The van der Waals surface area contributed by atoms with Crippen molar-refractivity contribution in [3.63, 3.8) is 0 Å². The number of aliphatic hydroxyl groups is 2. The minimum absolute atomic E-state index is 0.463. The first-order valence-electron chi connectivity index (χ1n) is 8.96. The highest BCUT2D eigenvalue weighted by Gasteiger charge is 2.37. The summed E-state index contributed by atoms with van der Waals surface area (Å²) in [6, 6.07) is 15.1. The van der Waals surface area contributed by atoms with Gasteiger partial charge in [0.05, 0.1) is 20.3 Å². The van der Waals surface area contributed by atoms with Crippen molar-refractivity contribution in [2.24, 2.45) is 0 Å². The van der Waals surface area contributed by atoms with E-state index in [-0.39, 0.29) is 0 Å². The van der Waals surface area contributed by atoms with Crippen molar-refractivity contribution in [1.82, 2.24) is 4.90 Å². The molecule has 0 spiro atoms. The normalized spacial score (nSPS) is 22.0. The quantitative estimate of drug-likeness (QED) is 0.832. The molecule has 0 amide bonds. The van der Waals surface area contributed by atoms with Crippen molar-refractivity contribution in [3.05, 3.63) is 59.7 Å². The van der Waals surface area contributed by atoms with Crippen molar-refractivity contribution < 1.29 is 19.7 Å². The van der Waals surface area contributed by atoms with Crippen molar-refractivity contribution >= 4 is 0 Å². The lowest BCUT2D eigenvalue weighted by Gasteiger charge is -2.40. The van der Waals surface area contributed by atoms with Gasteiger partial charge >= 0.3 is 0 Å². The van der Waals surface area contributed by atoms with Gasteiger partial charge in [-0.2, -0.15) is 0 Å². The van der Waals surface area contributed by atoms with E-state index in [0.717, 1.165) is 29.8 Å². The largest absolute Gasteiger partial charge is 0.497 e. The fraction of sp³-hybridized carbons (Fsp3) is 0.429. The average Bonchev–Trinajstić information content (AvgIpc) is 2.68. The smallest absolute Gasteiger partial charge is 0.124 e. The molecule has 0 radical (unpaired) electrons. The monoisotopic (exact) mass is 357 g/mol. The third kappa shape index (κ3) is 4.01. The molecule has 0 aromatic heterocycles. The van der Waals surface area contributed by atoms with E-state index in [1.807, 2.05) is 48.5 Å². The molecule has 0 bridgehead atoms. The van der Waals surface area contributed by atoms with Crippen LogP contribution in [0, 0.1) is 0 Å². The number of aliphatic hydroxyl groups excluding tert-OH is 1. The maximum absolute atomic E-state index is 11.3. The van der Waals surface area contributed by atoms with Gasteiger partial charge in [0, 0.05) is 18.7 Å². The van der Waals surface area contributed by atoms with Crippen LogP contribution in [0.25, 0.3) is 0 Å². The zero-order chi connectivity index (χ0) is 18.6. The number of nitrogens with zero attached hydrogens (tertiary/aromatic N) is 1. The summed E-state index contributed by atoms with van der Waals surface area (Å²) in [4.78, 5) is 2.11. The van der Waals surface area contributed by atoms with Gasteiger partial charge in [0.1, 0.15) is 17.1 Å². The molecule has 0 saturated carbocycles. The Hall–Kier alpha value is -2.08. The molecule has 1 fully saturated rings. The van der Waals surface area contributed by atoms with Crippen molar-refractivity contribution in [2.75, 3.05) is 33.9 Å². The van der Waals surface area contributed by atoms with Gasteiger partial charge in [-0.3, -0.25) is 4.90 Å². The zero-order valence-corrected chi connectivity index (χ0v) is 15.4. The van der Waals surface area contributed by atoms with Gasteiger partial charge in [-0.05, 0) is 43.1 Å². The van der Waals surface area contributed by atoms with E-state index in [1.54, 1.807) is 14.2 Å². The standard InChI is InChI=1S/C21H27NO4/c1-25-17-8-5-7-16(13-17)19(23)14-22-12-6-11-21(24,15-22)18-9-3-4-10-20(18)26-2/h3-5,7-10,13,19,23-24H,6,11-12,14-15H2,1-2H3/t19-,21+/m0/s1. The van der Waals surface area contributed by atoms with E-state index in [9.17, 15) is 10.2 Å². The number of piperidine rings is 1. The summed E-state index contributed by atoms with van der Waals surface area (Å²) in [5.41, 5.74) is 0.651. The summed E-state index contributed by atoms with van der Waals surface area (Å²) < 4.78 is 10.7. The molecule has 5 heteroatoms. The van der Waals surface area contributed by atoms with Gasteiger partial charge in [0.25, 0.3) is 0 Å². The van der Waals surface area contributed by atoms with Crippen LogP contribution in [-0.4, -0.2) is 49.0 Å². The molecular formula is C21H27NO4. The maximum Gasteiger partial charge on any atom is 0.124 e. The Morgan fingerprint density at radius 1 is 1.12 bits per heavy atom. The second-order valence-corrected chi connectivity index (χ2v) is 6.86. The van der Waals surface area contributed by atoms with Gasteiger partial charge in [0.2, 0.25) is 0 Å². The number of methoxy groups -OCH3 is 2. The Morgan fingerprint density at radius 3 is 2.69 bits per heavy atom. The number of para-hydroxylation sites is 1. The molecule has 5 nitrogen and oxygen atoms in total. The molecule has 26 heavy (non-hydrogen) atoms. The molecule has 1 saturated heterocycles. The minimum atomic E-state index is -0.973. The molecule has 140 valence electrons. The average molecular weight is 357 g/mol. The Morgan fingerprint density at radius 2 is 1.92 bits per heavy atom. The molecule has 1 aliphatic heterocycles. The van der Waals surface area contributed by atoms with Gasteiger partial charge in [0.15, 0.2) is 0 Å². The van der Waals surface area contributed by atoms with Crippen LogP contribution in [0.2, 0.25) is 0 Å². The number of likely N-dealkylation sites (tertiary alicyclic amines) is 1. The van der Waals surface area contributed by atoms with Gasteiger partial charge < -0.3 is 19.7 Å². The molecule has 0 aliphatic carbocycles. The number of β-amino-alcohol motifs (C(OH)–C–C–N with tert-alkyl or cyclic N) is 2. The third-order valence-corrected chi connectivity index (χ3v) is 5.07. The van der Waals surface area contributed by atoms with Crippen LogP contribution in [-0.2, 0) is 5.60 Å². The molecule has 2 aromatic rings. The summed E-state index contributed by atoms with van der Waals surface area (Å²) >= 11 is 0. The first kappa shape index (κ1) is 18.7. The van der Waals surface area contributed by atoms with Crippen LogP contribution in [0.3, 0.4) is 0 Å². The second kappa shape index (κ2) is 8.08. The molecule has 1 aliphatic rings. The van der Waals surface area contributed by atoms with E-state index in [4.69, 9.17) is 9.47 Å². The fourth-order valence-electron chi connectivity index (χ4n) is 3.73. The molecule has 2 aromatic carbocycles. The van der Waals surface area contributed by atoms with E-state index in [0.29, 0.717) is 25.3 Å². The highest BCUT2D eigenvalue weighted by Crippen LogP contribution is 2.37. The predicted molar refractivity (Wildman–Crippen MR) is 101 cm³/mol. The van der Waals surface area contributed by atoms with Gasteiger partial charge in [-0.25, -0.2) is 0 Å². The minimum Gasteiger partial charge on any atom is -0.497 e. The highest BCUT2D eigenvalue weighted by molar-refractivity contribution is 5.38. The third-order valence-electron chi connectivity index (χ3n) is 5.07. The topological polar surface area (TPSA) is 62.2 Å². The lowest BCUT2D eigenvalue weighted by atomic mass is 9.85. The SMILES string of the molecule is COc1cccc([C@@H](O)CN2CCC[C@](O)(c3ccccc3OC)C2)c1. The summed E-state index contributed by atoms with van der Waals surface area (Å²) in [5.74, 6) is 1.43. The Balaban J connectivity index is 1.73. The fourth-order valence-corrected chi connectivity index (χ4v) is 3.73. The summed E-state index contributed by atoms with van der Waals surface area (Å²) in [6.07, 6.45) is 0.906. The molecule has 3 rings (SSSR count). The van der Waals surface area contributed by atoms with Crippen LogP contribution < -0.4 is 9.47 Å². The maximum atomic E-state index is 11.3. The molecule has 1 heterocycles. The van der Waals surface area contributed by atoms with Gasteiger partial charge in [-0.15, -0.1) is 0 Å². The number of hydrogen-bond acceptors (Lipinski definition) is 5. The van der Waals surface area contributed by atoms with Crippen LogP contribution >= 0.6 is 0 Å². The highest BCUT2D eigenvalue weighted by atomic mass is 16.5. The summed E-state index contributed by atoms with van der Waals surface area (Å²) in [5, 5.41) is 21.9. The predicted octanol–water partition coefficient (Wildman–Crippen LogP) is 2.72. The molecule has 2 atom stereocenters. The zero-order valence-electron chi connectivity index (χ0n) is 15.4. The number of hydrogen-bond donors (Lipinski definition) is 2. The van der Waals surface area contributed by atoms with E-state index < -0.39 is 11.7 Å². The van der Waals surface area contributed by atoms with Crippen LogP contribution in [0.15, 0.2) is 48.5 Å².